The Labute approximate surface area is 563 Å². The number of rotatable bonds is 19. The van der Waals surface area contributed by atoms with E-state index in [1.165, 1.54) is 33.0 Å². The number of carbonyl (C=O) groups is 5. The molecule has 0 saturated heterocycles. The number of carboxylic acids is 1. The molecule has 0 radical (unpaired) electrons. The summed E-state index contributed by atoms with van der Waals surface area (Å²) in [6, 6.07) is 22.2. The highest BCUT2D eigenvalue weighted by molar-refractivity contribution is 5.99. The SMILES string of the molecule is CC(=O)O.CC(C)(C)OC(=O)N[C@H]1CCCC[C@H]1Nc1ncc(C(N)=O)c(Nc2cccc(-n3nccn3)c2)n1.NC(=O)c1cnc(N[C@@H]2CCCC[C@@H]2N)nc1Nc1cccc(-n2nccn2)c1.NC(=O)c1cnc(N[C@@H]2CCCC[C@@H]2N)nc1Nc1cccc(-n2nccn2)c1. The predicted molar refractivity (Wildman–Crippen MR) is 366 cm³/mol. The molecule has 12 rings (SSSR count). The Morgan fingerprint density at radius 2 is 0.765 bits per heavy atom. The van der Waals surface area contributed by atoms with Gasteiger partial charge in [0.15, 0.2) is 0 Å². The van der Waals surface area contributed by atoms with Crippen LogP contribution < -0.4 is 65.9 Å². The quantitative estimate of drug-likeness (QED) is 0.0416. The molecule has 0 aliphatic heterocycles. The number of ether oxygens (including phenoxy) is 1. The van der Waals surface area contributed by atoms with Crippen molar-refractivity contribution in [3.8, 4) is 17.1 Å². The van der Waals surface area contributed by atoms with Gasteiger partial charge < -0.3 is 75.7 Å². The highest BCUT2D eigenvalue weighted by Gasteiger charge is 2.30. The zero-order valence-corrected chi connectivity index (χ0v) is 54.6. The van der Waals surface area contributed by atoms with Crippen molar-refractivity contribution in [3.05, 3.63) is 145 Å². The second-order valence-electron chi connectivity index (χ2n) is 24.1. The number of aromatic nitrogens is 15. The normalized spacial score (nSPS) is 18.0. The van der Waals surface area contributed by atoms with E-state index in [4.69, 9.17) is 43.3 Å². The lowest BCUT2D eigenvalue weighted by molar-refractivity contribution is -0.134. The smallest absolute Gasteiger partial charge is 0.407 e. The summed E-state index contributed by atoms with van der Waals surface area (Å²) in [5, 5.41) is 54.5. The molecule has 3 aliphatic carbocycles. The molecular weight excluding hydrogens is 1260 g/mol. The zero-order chi connectivity index (χ0) is 69.7. The number of carboxylic acid groups (broad SMARTS) is 1. The molecule has 3 saturated carbocycles. The van der Waals surface area contributed by atoms with Crippen LogP contribution in [-0.2, 0) is 9.53 Å². The molecule has 6 aromatic heterocycles. The highest BCUT2D eigenvalue weighted by Crippen LogP contribution is 2.29. The van der Waals surface area contributed by atoms with Crippen LogP contribution in [0.1, 0.15) is 136 Å². The van der Waals surface area contributed by atoms with Crippen LogP contribution in [0, 0.1) is 0 Å². The Morgan fingerprint density at radius 1 is 0.469 bits per heavy atom. The third-order valence-corrected chi connectivity index (χ3v) is 15.5. The van der Waals surface area contributed by atoms with Gasteiger partial charge in [-0.25, -0.2) is 19.7 Å². The van der Waals surface area contributed by atoms with Crippen LogP contribution in [0.15, 0.2) is 129 Å². The molecule has 6 atom stereocenters. The van der Waals surface area contributed by atoms with Crippen LogP contribution >= 0.6 is 0 Å². The van der Waals surface area contributed by atoms with Gasteiger partial charge >= 0.3 is 6.09 Å². The minimum absolute atomic E-state index is 0.0535. The van der Waals surface area contributed by atoms with Crippen molar-refractivity contribution >= 4 is 82.1 Å². The number of primary amides is 3. The summed E-state index contributed by atoms with van der Waals surface area (Å²) in [6.45, 7) is 6.56. The molecule has 98 heavy (non-hydrogen) atoms. The summed E-state index contributed by atoms with van der Waals surface area (Å²) in [7, 11) is 0. The van der Waals surface area contributed by atoms with E-state index in [1.54, 1.807) is 37.2 Å². The summed E-state index contributed by atoms with van der Waals surface area (Å²) >= 11 is 0. The number of alkyl carbamates (subject to hydrolysis) is 1. The van der Waals surface area contributed by atoms with Crippen LogP contribution in [0.4, 0.5) is 57.2 Å². The maximum Gasteiger partial charge on any atom is 0.407 e. The van der Waals surface area contributed by atoms with E-state index in [0.717, 1.165) is 101 Å². The number of anilines is 9. The molecule has 4 amide bonds. The molecule has 3 aliphatic rings. The molecule has 3 aromatic carbocycles. The summed E-state index contributed by atoms with van der Waals surface area (Å²) < 4.78 is 5.42. The summed E-state index contributed by atoms with van der Waals surface area (Å²) in [6.07, 6.45) is 25.3. The van der Waals surface area contributed by atoms with Gasteiger partial charge in [0.1, 0.15) is 39.7 Å². The van der Waals surface area contributed by atoms with Crippen LogP contribution in [-0.4, -0.2) is 152 Å². The largest absolute Gasteiger partial charge is 0.481 e. The van der Waals surface area contributed by atoms with Gasteiger partial charge in [-0.05, 0) is 114 Å². The van der Waals surface area contributed by atoms with Crippen LogP contribution in [0.2, 0.25) is 0 Å². The van der Waals surface area contributed by atoms with Gasteiger partial charge in [-0.1, -0.05) is 56.7 Å². The van der Waals surface area contributed by atoms with Crippen molar-refractivity contribution in [2.45, 2.75) is 147 Å². The Morgan fingerprint density at radius 3 is 1.07 bits per heavy atom. The molecule has 34 nitrogen and oxygen atoms in total. The van der Waals surface area contributed by atoms with Crippen molar-refractivity contribution in [1.82, 2.24) is 80.2 Å². The first-order chi connectivity index (χ1) is 47.1. The first kappa shape index (κ1) is 70.5. The molecule has 3 fully saturated rings. The highest BCUT2D eigenvalue weighted by atomic mass is 16.6. The van der Waals surface area contributed by atoms with Gasteiger partial charge in [-0.3, -0.25) is 19.2 Å². The lowest BCUT2D eigenvalue weighted by atomic mass is 9.90. The number of amides is 4. The number of nitrogens with two attached hydrogens (primary N) is 5. The van der Waals surface area contributed by atoms with Crippen molar-refractivity contribution < 1.29 is 33.8 Å². The van der Waals surface area contributed by atoms with E-state index in [2.05, 4.69) is 97.7 Å². The molecule has 514 valence electrons. The molecule has 0 bridgehead atoms. The topological polar surface area (TPSA) is 499 Å². The minimum Gasteiger partial charge on any atom is -0.481 e. The Balaban J connectivity index is 0.000000168. The van der Waals surface area contributed by atoms with Gasteiger partial charge in [0.2, 0.25) is 17.8 Å². The summed E-state index contributed by atoms with van der Waals surface area (Å²) in [4.78, 5) is 87.9. The van der Waals surface area contributed by atoms with E-state index >= 15 is 0 Å². The summed E-state index contributed by atoms with van der Waals surface area (Å²) in [5.74, 6) is -0.676. The number of nitrogens with zero attached hydrogens (tertiary/aromatic N) is 15. The molecule has 34 heteroatoms. The maximum atomic E-state index is 12.4. The summed E-state index contributed by atoms with van der Waals surface area (Å²) in [5.41, 5.74) is 33.3. The van der Waals surface area contributed by atoms with Crippen LogP contribution in [0.25, 0.3) is 17.1 Å². The van der Waals surface area contributed by atoms with E-state index in [-0.39, 0.29) is 58.8 Å². The first-order valence-electron chi connectivity index (χ1n) is 31.8. The van der Waals surface area contributed by atoms with E-state index in [1.807, 2.05) is 93.6 Å². The number of hydrogen-bond acceptors (Lipinski definition) is 26. The lowest BCUT2D eigenvalue weighted by Gasteiger charge is -2.33. The second-order valence-corrected chi connectivity index (χ2v) is 24.1. The van der Waals surface area contributed by atoms with Gasteiger partial charge in [-0.15, -0.1) is 0 Å². The molecule has 18 N–H and O–H groups in total. The Kier molecular flexibility index (Phi) is 24.1. The standard InChI is InChI=1S/C24H31N9O3.2C19H23N9O.C2H4O2/c1-24(2,3)36-23(35)31-19-10-5-4-9-18(19)30-22-26-14-17(20(25)34)21(32-22)29-15-7-6-8-16(13-15)33-27-11-12-28-33;2*20-15-6-1-2-7-16(15)26-19-22-11-14(17(21)29)18(27-19)25-12-4-3-5-13(10-12)28-23-8-9-24-28;1-2(3)4/h6-8,11-14,18-19H,4-5,9-10H2,1-3H3,(H2,25,34)(H,31,35)(H2,26,29,30,32);2*3-5,8-11,15-16H,1-2,6-7,20H2,(H2,21,29)(H2,22,25,26,27);1H3,(H,3,4)/t18-,19+;2*15-,16+;/m100./s1. The minimum atomic E-state index is -0.833. The van der Waals surface area contributed by atoms with E-state index in [9.17, 15) is 19.2 Å². The lowest BCUT2D eigenvalue weighted by Crippen LogP contribution is -2.50. The average molecular weight is 1340 g/mol. The second kappa shape index (κ2) is 33.5. The fraction of sp³-hybridized carbons (Fsp3) is 0.359. The average Bonchev–Trinajstić information content (AvgIpc) is 1.10. The first-order valence-corrected chi connectivity index (χ1v) is 31.8. The molecule has 6 heterocycles. The monoisotopic (exact) mass is 1340 g/mol. The Hall–Kier alpha value is -11.8. The number of aliphatic carboxylic acids is 1. The number of benzene rings is 3. The number of nitrogens with one attached hydrogen (secondary N) is 7. The van der Waals surface area contributed by atoms with Crippen molar-refractivity contribution in [2.75, 3.05) is 31.9 Å². The fourth-order valence-corrected chi connectivity index (χ4v) is 10.9. The fourth-order valence-electron chi connectivity index (χ4n) is 10.9. The maximum absolute atomic E-state index is 12.4. The van der Waals surface area contributed by atoms with Crippen molar-refractivity contribution in [1.29, 1.82) is 0 Å². The van der Waals surface area contributed by atoms with Gasteiger partial charge in [-0.2, -0.15) is 59.9 Å². The zero-order valence-electron chi connectivity index (χ0n) is 54.6. The Bertz CT molecular complexity index is 3950. The van der Waals surface area contributed by atoms with Crippen molar-refractivity contribution in [3.63, 3.8) is 0 Å². The van der Waals surface area contributed by atoms with E-state index in [0.29, 0.717) is 46.5 Å². The predicted octanol–water partition coefficient (Wildman–Crippen LogP) is 6.40. The van der Waals surface area contributed by atoms with Crippen LogP contribution in [0.5, 0.6) is 0 Å². The number of carbonyl (C=O) groups excluding carboxylic acids is 4. The van der Waals surface area contributed by atoms with Gasteiger partial charge in [0.05, 0.1) is 60.3 Å². The third kappa shape index (κ3) is 20.6. The van der Waals surface area contributed by atoms with Gasteiger partial charge in [0.25, 0.3) is 23.7 Å². The third-order valence-electron chi connectivity index (χ3n) is 15.5. The number of hydrogen-bond donors (Lipinski definition) is 13. The van der Waals surface area contributed by atoms with E-state index < -0.39 is 35.4 Å². The van der Waals surface area contributed by atoms with Crippen LogP contribution in [0.3, 0.4) is 0 Å². The van der Waals surface area contributed by atoms with Crippen molar-refractivity contribution in [2.24, 2.45) is 28.7 Å². The molecule has 9 aromatic rings. The van der Waals surface area contributed by atoms with Gasteiger partial charge in [0, 0.05) is 72.8 Å². The molecule has 0 unspecified atom stereocenters. The molecular formula is C64H81N27O7. The molecule has 0 spiro atoms.